The molecule has 1 aromatic heterocycles. The van der Waals surface area contributed by atoms with E-state index in [0.717, 1.165) is 49.6 Å². The van der Waals surface area contributed by atoms with Crippen LogP contribution >= 0.6 is 11.8 Å². The van der Waals surface area contributed by atoms with Crippen molar-refractivity contribution >= 4 is 23.5 Å². The van der Waals surface area contributed by atoms with Crippen LogP contribution in [0.25, 0.3) is 11.3 Å². The summed E-state index contributed by atoms with van der Waals surface area (Å²) in [7, 11) is 1.69. The zero-order valence-corrected chi connectivity index (χ0v) is 15.2. The third-order valence-electron chi connectivity index (χ3n) is 4.80. The van der Waals surface area contributed by atoms with Gasteiger partial charge in [-0.2, -0.15) is 0 Å². The normalized spacial score (nSPS) is 16.7. The van der Waals surface area contributed by atoms with Crippen molar-refractivity contribution in [2.24, 2.45) is 0 Å². The van der Waals surface area contributed by atoms with Crippen molar-refractivity contribution in [1.82, 2.24) is 15.2 Å². The van der Waals surface area contributed by atoms with Gasteiger partial charge in [-0.3, -0.25) is 4.98 Å². The number of hydrogen-bond donors (Lipinski definition) is 1. The second-order valence-electron chi connectivity index (χ2n) is 6.30. The van der Waals surface area contributed by atoms with Gasteiger partial charge in [0.05, 0.1) is 22.0 Å². The van der Waals surface area contributed by atoms with E-state index < -0.39 is 0 Å². The van der Waals surface area contributed by atoms with E-state index in [2.05, 4.69) is 40.5 Å². The van der Waals surface area contributed by atoms with Crippen LogP contribution in [0.3, 0.4) is 0 Å². The summed E-state index contributed by atoms with van der Waals surface area (Å²) < 4.78 is 0. The Morgan fingerprint density at radius 3 is 2.64 bits per heavy atom. The molecular weight excluding hydrogens is 332 g/mol. The lowest BCUT2D eigenvalue weighted by Crippen LogP contribution is -2.51. The lowest BCUT2D eigenvalue weighted by Gasteiger charge is -2.36. The molecule has 0 radical (unpaired) electrons. The van der Waals surface area contributed by atoms with Gasteiger partial charge in [0, 0.05) is 51.0 Å². The highest BCUT2D eigenvalue weighted by Crippen LogP contribution is 2.40. The average molecular weight is 354 g/mol. The van der Waals surface area contributed by atoms with Crippen molar-refractivity contribution in [3.05, 3.63) is 42.1 Å². The van der Waals surface area contributed by atoms with Crippen LogP contribution in [0.4, 0.5) is 10.5 Å². The lowest BCUT2D eigenvalue weighted by atomic mass is 10.1. The molecule has 0 atom stereocenters. The molecule has 3 heterocycles. The molecule has 130 valence electrons. The molecule has 5 nitrogen and oxygen atoms in total. The van der Waals surface area contributed by atoms with Crippen molar-refractivity contribution in [2.75, 3.05) is 43.9 Å². The topological polar surface area (TPSA) is 48.5 Å². The quantitative estimate of drug-likeness (QED) is 0.901. The first kappa shape index (κ1) is 16.3. The van der Waals surface area contributed by atoms with Gasteiger partial charge in [0.25, 0.3) is 0 Å². The number of pyridine rings is 1. The summed E-state index contributed by atoms with van der Waals surface area (Å²) in [6, 6.07) is 12.6. The molecule has 0 unspecified atom stereocenters. The van der Waals surface area contributed by atoms with Gasteiger partial charge in [0.15, 0.2) is 0 Å². The second kappa shape index (κ2) is 6.96. The summed E-state index contributed by atoms with van der Waals surface area (Å²) in [5.41, 5.74) is 4.70. The Morgan fingerprint density at radius 1 is 1.16 bits per heavy atom. The van der Waals surface area contributed by atoms with E-state index in [0.29, 0.717) is 0 Å². The predicted molar refractivity (Wildman–Crippen MR) is 102 cm³/mol. The van der Waals surface area contributed by atoms with Crippen LogP contribution in [0.2, 0.25) is 0 Å². The summed E-state index contributed by atoms with van der Waals surface area (Å²) in [6.45, 7) is 3.22. The van der Waals surface area contributed by atoms with Crippen LogP contribution in [0, 0.1) is 0 Å². The van der Waals surface area contributed by atoms with Crippen LogP contribution in [-0.2, 0) is 6.42 Å². The Hall–Kier alpha value is -2.21. The average Bonchev–Trinajstić information content (AvgIpc) is 3.16. The second-order valence-corrected chi connectivity index (χ2v) is 7.40. The van der Waals surface area contributed by atoms with Crippen LogP contribution in [0.1, 0.15) is 5.69 Å². The first-order valence-electron chi connectivity index (χ1n) is 8.70. The minimum absolute atomic E-state index is 0.0129. The molecule has 0 bridgehead atoms. The zero-order valence-electron chi connectivity index (χ0n) is 14.4. The highest BCUT2D eigenvalue weighted by molar-refractivity contribution is 7.99. The maximum atomic E-state index is 11.8. The maximum absolute atomic E-state index is 11.8. The summed E-state index contributed by atoms with van der Waals surface area (Å²) in [5, 5.41) is 2.72. The SMILES string of the molecule is CNC(=O)N1CCN(c2cc(-c3ccccc3)nc3c2SCC3)CC1. The number of urea groups is 1. The predicted octanol–water partition coefficient (Wildman–Crippen LogP) is 2.86. The molecule has 2 aliphatic heterocycles. The van der Waals surface area contributed by atoms with E-state index in [1.165, 1.54) is 16.3 Å². The number of carbonyl (C=O) groups is 1. The number of benzene rings is 1. The van der Waals surface area contributed by atoms with Gasteiger partial charge in [-0.25, -0.2) is 4.79 Å². The van der Waals surface area contributed by atoms with Gasteiger partial charge in [0.1, 0.15) is 0 Å². The van der Waals surface area contributed by atoms with Gasteiger partial charge < -0.3 is 15.1 Å². The molecule has 1 aromatic carbocycles. The first-order chi connectivity index (χ1) is 12.3. The van der Waals surface area contributed by atoms with E-state index in [1.54, 1.807) is 7.05 Å². The van der Waals surface area contributed by atoms with Gasteiger partial charge in [-0.05, 0) is 6.07 Å². The van der Waals surface area contributed by atoms with Crippen molar-refractivity contribution in [3.8, 4) is 11.3 Å². The third-order valence-corrected chi connectivity index (χ3v) is 5.94. The number of amides is 2. The standard InChI is InChI=1S/C19H22N4OS/c1-20-19(24)23-10-8-22(9-11-23)17-13-16(14-5-3-2-4-6-14)21-15-7-12-25-18(15)17/h2-6,13H,7-12H2,1H3,(H,20,24). The minimum Gasteiger partial charge on any atom is -0.367 e. The van der Waals surface area contributed by atoms with Crippen molar-refractivity contribution < 1.29 is 4.79 Å². The number of fused-ring (bicyclic) bond motifs is 1. The molecule has 25 heavy (non-hydrogen) atoms. The van der Waals surface area contributed by atoms with Crippen LogP contribution in [0.15, 0.2) is 41.3 Å². The van der Waals surface area contributed by atoms with Crippen molar-refractivity contribution in [1.29, 1.82) is 0 Å². The highest BCUT2D eigenvalue weighted by atomic mass is 32.2. The van der Waals surface area contributed by atoms with Crippen LogP contribution < -0.4 is 10.2 Å². The van der Waals surface area contributed by atoms with Gasteiger partial charge in [0.2, 0.25) is 0 Å². The first-order valence-corrected chi connectivity index (χ1v) is 9.68. The number of anilines is 1. The van der Waals surface area contributed by atoms with Crippen molar-refractivity contribution in [3.63, 3.8) is 0 Å². The largest absolute Gasteiger partial charge is 0.367 e. The summed E-state index contributed by atoms with van der Waals surface area (Å²) in [5.74, 6) is 1.10. The van der Waals surface area contributed by atoms with Gasteiger partial charge >= 0.3 is 6.03 Å². The highest BCUT2D eigenvalue weighted by Gasteiger charge is 2.26. The zero-order chi connectivity index (χ0) is 17.2. The number of aryl methyl sites for hydroxylation is 1. The number of nitrogens with one attached hydrogen (secondary N) is 1. The van der Waals surface area contributed by atoms with Crippen LogP contribution in [0.5, 0.6) is 0 Å². The Balaban J connectivity index is 1.64. The molecule has 2 amide bonds. The summed E-state index contributed by atoms with van der Waals surface area (Å²) >= 11 is 1.91. The van der Waals surface area contributed by atoms with E-state index >= 15 is 0 Å². The molecule has 1 fully saturated rings. The van der Waals surface area contributed by atoms with Crippen molar-refractivity contribution in [2.45, 2.75) is 11.3 Å². The molecule has 6 heteroatoms. The summed E-state index contributed by atoms with van der Waals surface area (Å²) in [4.78, 5) is 22.3. The lowest BCUT2D eigenvalue weighted by molar-refractivity contribution is 0.196. The molecule has 1 N–H and O–H groups in total. The smallest absolute Gasteiger partial charge is 0.317 e. The number of nitrogens with zero attached hydrogens (tertiary/aromatic N) is 3. The Morgan fingerprint density at radius 2 is 1.92 bits per heavy atom. The maximum Gasteiger partial charge on any atom is 0.317 e. The molecule has 0 aliphatic carbocycles. The number of aromatic nitrogens is 1. The number of thioether (sulfide) groups is 1. The van der Waals surface area contributed by atoms with E-state index in [-0.39, 0.29) is 6.03 Å². The van der Waals surface area contributed by atoms with E-state index in [4.69, 9.17) is 4.98 Å². The Bertz CT molecular complexity index is 772. The fourth-order valence-electron chi connectivity index (χ4n) is 3.45. The molecule has 2 aromatic rings. The Kier molecular flexibility index (Phi) is 4.53. The van der Waals surface area contributed by atoms with Gasteiger partial charge in [-0.1, -0.05) is 30.3 Å². The molecule has 2 aliphatic rings. The fourth-order valence-corrected chi connectivity index (χ4v) is 4.60. The van der Waals surface area contributed by atoms with E-state index in [1.807, 2.05) is 22.7 Å². The number of rotatable bonds is 2. The molecule has 0 spiro atoms. The molecule has 4 rings (SSSR count). The number of hydrogen-bond acceptors (Lipinski definition) is 4. The van der Waals surface area contributed by atoms with E-state index in [9.17, 15) is 4.79 Å². The number of piperazine rings is 1. The fraction of sp³-hybridized carbons (Fsp3) is 0.368. The summed E-state index contributed by atoms with van der Waals surface area (Å²) in [6.07, 6.45) is 1.03. The third kappa shape index (κ3) is 3.18. The molecule has 1 saturated heterocycles. The monoisotopic (exact) mass is 354 g/mol. The minimum atomic E-state index is 0.0129. The Labute approximate surface area is 152 Å². The molecule has 0 saturated carbocycles. The van der Waals surface area contributed by atoms with Gasteiger partial charge in [-0.15, -0.1) is 11.8 Å². The molecular formula is C19H22N4OS. The number of carbonyl (C=O) groups excluding carboxylic acids is 1. The van der Waals surface area contributed by atoms with Crippen LogP contribution in [-0.4, -0.2) is 54.9 Å².